The summed E-state index contributed by atoms with van der Waals surface area (Å²) in [5, 5.41) is 3.14. The predicted octanol–water partition coefficient (Wildman–Crippen LogP) is 2.10. The maximum Gasteiger partial charge on any atom is 0.332 e. The van der Waals surface area contributed by atoms with Crippen molar-refractivity contribution in [3.05, 3.63) is 64.1 Å². The summed E-state index contributed by atoms with van der Waals surface area (Å²) in [5.74, 6) is -1.43. The largest absolute Gasteiger partial charge is 0.342 e. The maximum absolute atomic E-state index is 13.4. The maximum atomic E-state index is 13.4. The van der Waals surface area contributed by atoms with Gasteiger partial charge in [-0.1, -0.05) is 6.58 Å². The molecule has 4 aromatic rings. The third-order valence-corrected chi connectivity index (χ3v) is 6.71. The van der Waals surface area contributed by atoms with Gasteiger partial charge in [-0.2, -0.15) is 0 Å². The van der Waals surface area contributed by atoms with Gasteiger partial charge in [0.25, 0.3) is 11.5 Å². The van der Waals surface area contributed by atoms with Gasteiger partial charge < -0.3 is 14.8 Å². The second kappa shape index (κ2) is 9.43. The van der Waals surface area contributed by atoms with Crippen molar-refractivity contribution in [3.8, 4) is 11.4 Å². The highest BCUT2D eigenvalue weighted by molar-refractivity contribution is 5.70. The number of nitrogens with zero attached hydrogens (tertiary/aromatic N) is 9. The zero-order valence-electron chi connectivity index (χ0n) is 21.1. The Labute approximate surface area is 215 Å². The van der Waals surface area contributed by atoms with Crippen LogP contribution in [0.15, 0.2) is 52.8 Å². The van der Waals surface area contributed by atoms with E-state index in [2.05, 4.69) is 36.8 Å². The Morgan fingerprint density at radius 2 is 1.76 bits per heavy atom. The molecule has 14 heteroatoms. The van der Waals surface area contributed by atoms with Gasteiger partial charge in [-0.25, -0.2) is 38.5 Å². The number of halogens is 2. The smallest absolute Gasteiger partial charge is 0.332 e. The second-order valence-corrected chi connectivity index (χ2v) is 9.24. The minimum Gasteiger partial charge on any atom is -0.342 e. The molecule has 1 aliphatic rings. The molecule has 12 nitrogen and oxygen atoms in total. The van der Waals surface area contributed by atoms with Crippen molar-refractivity contribution < 1.29 is 8.78 Å². The van der Waals surface area contributed by atoms with E-state index in [9.17, 15) is 18.4 Å². The van der Waals surface area contributed by atoms with Gasteiger partial charge in [0.05, 0.1) is 17.9 Å². The van der Waals surface area contributed by atoms with Gasteiger partial charge in [-0.15, -0.1) is 0 Å². The van der Waals surface area contributed by atoms with E-state index in [1.165, 1.54) is 17.9 Å². The molecule has 0 aromatic carbocycles. The Balaban J connectivity index is 1.33. The molecule has 1 N–H and O–H groups in total. The summed E-state index contributed by atoms with van der Waals surface area (Å²) >= 11 is 0. The third kappa shape index (κ3) is 4.53. The molecule has 5 heterocycles. The Morgan fingerprint density at radius 3 is 2.45 bits per heavy atom. The van der Waals surface area contributed by atoms with Gasteiger partial charge in [0.1, 0.15) is 5.82 Å². The second-order valence-electron chi connectivity index (χ2n) is 9.24. The molecule has 1 saturated heterocycles. The fourth-order valence-electron chi connectivity index (χ4n) is 4.30. The normalized spacial score (nSPS) is 16.0. The molecular formula is C24H26F2N10O2. The number of piperidine rings is 1. The summed E-state index contributed by atoms with van der Waals surface area (Å²) in [4.78, 5) is 48.5. The molecule has 0 spiro atoms. The summed E-state index contributed by atoms with van der Waals surface area (Å²) < 4.78 is 30.9. The van der Waals surface area contributed by atoms with Gasteiger partial charge in [0, 0.05) is 64.3 Å². The number of allylic oxidation sites excluding steroid dienone is 1. The zero-order valence-corrected chi connectivity index (χ0v) is 21.1. The molecule has 5 rings (SSSR count). The van der Waals surface area contributed by atoms with Crippen LogP contribution in [0.2, 0.25) is 0 Å². The van der Waals surface area contributed by atoms with E-state index in [-0.39, 0.29) is 37.1 Å². The summed E-state index contributed by atoms with van der Waals surface area (Å²) in [6.07, 6.45) is 5.74. The molecule has 4 aromatic heterocycles. The number of imidazole rings is 1. The van der Waals surface area contributed by atoms with Crippen molar-refractivity contribution in [1.29, 1.82) is 0 Å². The van der Waals surface area contributed by atoms with E-state index >= 15 is 0 Å². The Morgan fingerprint density at radius 1 is 1.08 bits per heavy atom. The Bertz CT molecular complexity index is 1630. The van der Waals surface area contributed by atoms with Crippen LogP contribution in [-0.4, -0.2) is 57.6 Å². The van der Waals surface area contributed by atoms with Crippen LogP contribution in [0.1, 0.15) is 25.8 Å². The molecule has 198 valence electrons. The van der Waals surface area contributed by atoms with Crippen molar-refractivity contribution in [2.75, 3.05) is 23.3 Å². The van der Waals surface area contributed by atoms with Gasteiger partial charge in [0.15, 0.2) is 17.0 Å². The molecule has 0 amide bonds. The fraction of sp³-hybridized carbons (Fsp3) is 0.375. The first-order valence-corrected chi connectivity index (χ1v) is 11.9. The molecule has 1 atom stereocenters. The molecular weight excluding hydrogens is 498 g/mol. The summed E-state index contributed by atoms with van der Waals surface area (Å²) in [6.45, 7) is 6.32. The number of fused-ring (bicyclic) bond motifs is 1. The van der Waals surface area contributed by atoms with Crippen LogP contribution in [0.25, 0.3) is 22.6 Å². The fourth-order valence-corrected chi connectivity index (χ4v) is 4.30. The molecule has 0 saturated carbocycles. The van der Waals surface area contributed by atoms with Crippen molar-refractivity contribution in [3.63, 3.8) is 0 Å². The van der Waals surface area contributed by atoms with Crippen LogP contribution in [0.3, 0.4) is 0 Å². The van der Waals surface area contributed by atoms with Crippen LogP contribution in [0, 0.1) is 0 Å². The lowest BCUT2D eigenvalue weighted by molar-refractivity contribution is -0.0222. The van der Waals surface area contributed by atoms with Gasteiger partial charge >= 0.3 is 5.69 Å². The molecule has 0 radical (unpaired) electrons. The summed E-state index contributed by atoms with van der Waals surface area (Å²) in [5.41, 5.74) is 0.736. The lowest BCUT2D eigenvalue weighted by Gasteiger charge is -2.31. The van der Waals surface area contributed by atoms with E-state index < -0.39 is 23.2 Å². The minimum atomic E-state index is -2.64. The average molecular weight is 525 g/mol. The minimum absolute atomic E-state index is 0.192. The average Bonchev–Trinajstić information content (AvgIpc) is 3.36. The third-order valence-electron chi connectivity index (χ3n) is 6.71. The molecule has 0 bridgehead atoms. The first-order valence-electron chi connectivity index (χ1n) is 11.9. The SMILES string of the molecule is C=C(Nc1ccnc(-c2cnc(N3CCC(F)(F)CC3)nc2)n1)C(C)n1cnc2c1c(=O)n(C)c(=O)n2C. The number of hydrogen-bond acceptors (Lipinski definition) is 9. The zero-order chi connectivity index (χ0) is 27.2. The highest BCUT2D eigenvalue weighted by atomic mass is 19.3. The first-order chi connectivity index (χ1) is 18.1. The van der Waals surface area contributed by atoms with E-state index in [0.29, 0.717) is 28.9 Å². The highest BCUT2D eigenvalue weighted by Gasteiger charge is 2.34. The molecule has 38 heavy (non-hydrogen) atoms. The molecule has 0 aliphatic carbocycles. The number of anilines is 2. The monoisotopic (exact) mass is 524 g/mol. The Kier molecular flexibility index (Phi) is 6.25. The van der Waals surface area contributed by atoms with Gasteiger partial charge in [-0.05, 0) is 13.0 Å². The number of aromatic nitrogens is 8. The predicted molar refractivity (Wildman–Crippen MR) is 137 cm³/mol. The number of nitrogens with one attached hydrogen (secondary N) is 1. The highest BCUT2D eigenvalue weighted by Crippen LogP contribution is 2.29. The number of alkyl halides is 2. The van der Waals surface area contributed by atoms with Crippen LogP contribution < -0.4 is 21.5 Å². The van der Waals surface area contributed by atoms with Crippen LogP contribution >= 0.6 is 0 Å². The molecule has 1 fully saturated rings. The van der Waals surface area contributed by atoms with E-state index in [1.54, 1.807) is 41.2 Å². The lowest BCUT2D eigenvalue weighted by atomic mass is 10.1. The van der Waals surface area contributed by atoms with Crippen molar-refractivity contribution in [2.24, 2.45) is 14.1 Å². The van der Waals surface area contributed by atoms with Crippen molar-refractivity contribution in [2.45, 2.75) is 31.7 Å². The number of aryl methyl sites for hydroxylation is 1. The lowest BCUT2D eigenvalue weighted by Crippen LogP contribution is -2.40. The summed E-state index contributed by atoms with van der Waals surface area (Å²) in [7, 11) is 2.98. The van der Waals surface area contributed by atoms with Crippen LogP contribution in [0.5, 0.6) is 0 Å². The molecule has 1 aliphatic heterocycles. The topological polar surface area (TPSA) is 129 Å². The van der Waals surface area contributed by atoms with E-state index in [0.717, 1.165) is 4.57 Å². The number of rotatable bonds is 6. The quantitative estimate of drug-likeness (QED) is 0.403. The van der Waals surface area contributed by atoms with Crippen molar-refractivity contribution >= 4 is 22.9 Å². The van der Waals surface area contributed by atoms with Crippen molar-refractivity contribution in [1.82, 2.24) is 38.6 Å². The van der Waals surface area contributed by atoms with Gasteiger partial charge in [-0.3, -0.25) is 13.9 Å². The van der Waals surface area contributed by atoms with E-state index in [1.807, 2.05) is 6.92 Å². The van der Waals surface area contributed by atoms with Crippen LogP contribution in [-0.2, 0) is 14.1 Å². The van der Waals surface area contributed by atoms with Gasteiger partial charge in [0.2, 0.25) is 5.95 Å². The standard InChI is InChI=1S/C24H26F2N10O2/c1-14(15(2)36-13-30-20-18(36)21(37)34(4)23(38)33(20)3)31-17-5-8-27-19(32-17)16-11-28-22(29-12-16)35-9-6-24(25,26)7-10-35/h5,8,11-13,15H,1,6-7,9-10H2,2-4H3,(H,27,31,32). The first kappa shape index (κ1) is 25.2. The summed E-state index contributed by atoms with van der Waals surface area (Å²) in [6, 6.07) is 1.25. The van der Waals surface area contributed by atoms with Crippen LogP contribution in [0.4, 0.5) is 20.5 Å². The van der Waals surface area contributed by atoms with E-state index in [4.69, 9.17) is 0 Å². The molecule has 1 unspecified atom stereocenters. The number of hydrogen-bond donors (Lipinski definition) is 1. The Hall–Kier alpha value is -4.49.